The van der Waals surface area contributed by atoms with Gasteiger partial charge in [0.05, 0.1) is 0 Å². The van der Waals surface area contributed by atoms with Gasteiger partial charge in [0, 0.05) is 0 Å². The number of rotatable bonds is 2. The van der Waals surface area contributed by atoms with Crippen LogP contribution in [-0.4, -0.2) is 15.1 Å². The van der Waals surface area contributed by atoms with Gasteiger partial charge in [-0.2, -0.15) is 0 Å². The van der Waals surface area contributed by atoms with E-state index in [4.69, 9.17) is 22.2 Å². The molecule has 0 aromatic rings. The van der Waals surface area contributed by atoms with E-state index in [9.17, 15) is 0 Å². The Bertz CT molecular complexity index is 81.7. The Balaban J connectivity index is 3.75. The SMILES string of the molecule is C[Si](C)(C)N[Si](C)(Cl)Cl. The zero-order valence-electron chi connectivity index (χ0n) is 6.26. The van der Waals surface area contributed by atoms with Gasteiger partial charge in [0.25, 0.3) is 0 Å². The summed E-state index contributed by atoms with van der Waals surface area (Å²) in [5.41, 5.74) is 0. The van der Waals surface area contributed by atoms with Gasteiger partial charge in [-0.3, -0.25) is 0 Å². The van der Waals surface area contributed by atoms with Crippen molar-refractivity contribution in [2.75, 3.05) is 0 Å². The molecule has 0 unspecified atom stereocenters. The zero-order valence-corrected chi connectivity index (χ0v) is 9.77. The van der Waals surface area contributed by atoms with Crippen molar-refractivity contribution in [1.29, 1.82) is 0 Å². The van der Waals surface area contributed by atoms with Crippen LogP contribution in [0.1, 0.15) is 0 Å². The first-order valence-electron chi connectivity index (χ1n) is 2.88. The Kier molecular flexibility index (Phi) is 3.24. The number of hydrogen-bond donors (Lipinski definition) is 1. The van der Waals surface area contributed by atoms with Gasteiger partial charge in [-0.25, -0.2) is 0 Å². The first-order valence-corrected chi connectivity index (χ1v) is 10.9. The van der Waals surface area contributed by atoms with E-state index in [-0.39, 0.29) is 0 Å². The summed E-state index contributed by atoms with van der Waals surface area (Å²) in [6, 6.07) is 0. The highest BCUT2D eigenvalue weighted by molar-refractivity contribution is 7.45. The molecule has 0 saturated carbocycles. The van der Waals surface area contributed by atoms with E-state index in [1.165, 1.54) is 0 Å². The van der Waals surface area contributed by atoms with Crippen molar-refractivity contribution >= 4 is 37.2 Å². The third-order valence-corrected chi connectivity index (χ3v) is 7.05. The monoisotopic (exact) mass is 201 g/mol. The van der Waals surface area contributed by atoms with Crippen LogP contribution in [0.2, 0.25) is 26.2 Å². The Morgan fingerprint density at radius 2 is 1.33 bits per heavy atom. The molecule has 5 heteroatoms. The molecule has 0 fully saturated rings. The topological polar surface area (TPSA) is 12.0 Å². The van der Waals surface area contributed by atoms with Gasteiger partial charge in [-0.05, 0) is 6.55 Å². The lowest BCUT2D eigenvalue weighted by Gasteiger charge is -2.23. The van der Waals surface area contributed by atoms with Gasteiger partial charge in [-0.1, -0.05) is 19.6 Å². The summed E-state index contributed by atoms with van der Waals surface area (Å²) >= 11 is 11.7. The highest BCUT2D eigenvalue weighted by atomic mass is 35.7. The van der Waals surface area contributed by atoms with Gasteiger partial charge in [0.1, 0.15) is 8.24 Å². The minimum absolute atomic E-state index is 1.24. The van der Waals surface area contributed by atoms with Crippen LogP contribution in [0, 0.1) is 0 Å². The third kappa shape index (κ3) is 8.97. The highest BCUT2D eigenvalue weighted by Crippen LogP contribution is 2.12. The minimum atomic E-state index is -2.04. The molecule has 0 aliphatic heterocycles. The zero-order chi connectivity index (χ0) is 7.71. The maximum atomic E-state index is 5.85. The largest absolute Gasteiger partial charge is 0.336 e. The molecular formula is C4H13Cl2NSi2. The van der Waals surface area contributed by atoms with Gasteiger partial charge in [0.15, 0.2) is 0 Å². The fourth-order valence-corrected chi connectivity index (χ4v) is 11.0. The van der Waals surface area contributed by atoms with Crippen LogP contribution >= 0.6 is 22.2 Å². The minimum Gasteiger partial charge on any atom is -0.336 e. The normalized spacial score (nSPS) is 14.0. The quantitative estimate of drug-likeness (QED) is 0.535. The molecular weight excluding hydrogens is 189 g/mol. The fourth-order valence-electron chi connectivity index (χ4n) is 0.658. The van der Waals surface area contributed by atoms with Crippen LogP contribution < -0.4 is 4.65 Å². The van der Waals surface area contributed by atoms with Crippen LogP contribution in [0.5, 0.6) is 0 Å². The molecule has 0 aromatic heterocycles. The van der Waals surface area contributed by atoms with Crippen LogP contribution in [0.25, 0.3) is 0 Å². The van der Waals surface area contributed by atoms with Gasteiger partial charge >= 0.3 is 6.86 Å². The van der Waals surface area contributed by atoms with Gasteiger partial charge < -0.3 is 4.65 Å². The molecule has 0 atom stereocenters. The summed E-state index contributed by atoms with van der Waals surface area (Å²) < 4.78 is 3.27. The lowest BCUT2D eigenvalue weighted by molar-refractivity contribution is 1.38. The van der Waals surface area contributed by atoms with Crippen molar-refractivity contribution < 1.29 is 0 Å². The van der Waals surface area contributed by atoms with Crippen molar-refractivity contribution in [3.05, 3.63) is 0 Å². The van der Waals surface area contributed by atoms with Crippen LogP contribution in [0.15, 0.2) is 0 Å². The van der Waals surface area contributed by atoms with Crippen molar-refractivity contribution in [3.63, 3.8) is 0 Å². The lowest BCUT2D eigenvalue weighted by Crippen LogP contribution is -2.52. The summed E-state index contributed by atoms with van der Waals surface area (Å²) in [6.07, 6.45) is 0. The maximum Gasteiger partial charge on any atom is 0.313 e. The van der Waals surface area contributed by atoms with E-state index >= 15 is 0 Å². The van der Waals surface area contributed by atoms with Crippen molar-refractivity contribution in [1.82, 2.24) is 4.65 Å². The Morgan fingerprint density at radius 3 is 1.33 bits per heavy atom. The smallest absolute Gasteiger partial charge is 0.313 e. The van der Waals surface area contributed by atoms with Gasteiger partial charge in [-0.15, -0.1) is 22.2 Å². The second kappa shape index (κ2) is 2.92. The molecule has 0 amide bonds. The highest BCUT2D eigenvalue weighted by Gasteiger charge is 2.27. The second-order valence-electron chi connectivity index (χ2n) is 3.26. The first kappa shape index (κ1) is 9.97. The van der Waals surface area contributed by atoms with E-state index < -0.39 is 15.1 Å². The third-order valence-electron chi connectivity index (χ3n) is 0.594. The molecule has 0 spiro atoms. The molecule has 0 aromatic carbocycles. The summed E-state index contributed by atoms with van der Waals surface area (Å²) in [5, 5.41) is 0. The predicted molar refractivity (Wildman–Crippen MR) is 49.8 cm³/mol. The van der Waals surface area contributed by atoms with E-state index in [0.717, 1.165) is 0 Å². The molecule has 0 heterocycles. The molecule has 0 saturated heterocycles. The van der Waals surface area contributed by atoms with Crippen molar-refractivity contribution in [3.8, 4) is 0 Å². The molecule has 1 nitrogen and oxygen atoms in total. The van der Waals surface area contributed by atoms with Crippen molar-refractivity contribution in [2.24, 2.45) is 0 Å². The van der Waals surface area contributed by atoms with E-state index in [1.54, 1.807) is 0 Å². The molecule has 9 heavy (non-hydrogen) atoms. The lowest BCUT2D eigenvalue weighted by atomic mass is 11.8. The number of hydrogen-bond acceptors (Lipinski definition) is 1. The van der Waals surface area contributed by atoms with E-state index in [0.29, 0.717) is 0 Å². The Hall–Kier alpha value is 0.974. The summed E-state index contributed by atoms with van der Waals surface area (Å²) in [5.74, 6) is 0. The molecule has 0 radical (unpaired) electrons. The maximum absolute atomic E-state index is 5.85. The van der Waals surface area contributed by atoms with Gasteiger partial charge in [0.2, 0.25) is 0 Å². The number of nitrogens with one attached hydrogen (secondary N) is 1. The Labute approximate surface area is 68.3 Å². The summed E-state index contributed by atoms with van der Waals surface area (Å²) in [7, 11) is -1.24. The average molecular weight is 202 g/mol. The van der Waals surface area contributed by atoms with E-state index in [2.05, 4.69) is 24.3 Å². The standard InChI is InChI=1S/C4H13Cl2NSi2/c1-8(2,3)7-9(4,5)6/h7H,1-4H3. The second-order valence-corrected chi connectivity index (χ2v) is 15.7. The molecule has 0 aliphatic rings. The Morgan fingerprint density at radius 1 is 1.00 bits per heavy atom. The summed E-state index contributed by atoms with van der Waals surface area (Å²) in [6.45, 7) is 6.40. The predicted octanol–water partition coefficient (Wildman–Crippen LogP) is 2.46. The fraction of sp³-hybridized carbons (Fsp3) is 1.00. The molecule has 0 aliphatic carbocycles. The number of halogens is 2. The molecule has 1 N–H and O–H groups in total. The first-order chi connectivity index (χ1) is 3.71. The van der Waals surface area contributed by atoms with Crippen LogP contribution in [-0.2, 0) is 0 Å². The average Bonchev–Trinajstić information content (AvgIpc) is 1.14. The molecule has 0 bridgehead atoms. The summed E-state index contributed by atoms with van der Waals surface area (Å²) in [4.78, 5) is 0. The van der Waals surface area contributed by atoms with Crippen LogP contribution in [0.4, 0.5) is 0 Å². The molecule has 56 valence electrons. The van der Waals surface area contributed by atoms with E-state index in [1.807, 2.05) is 6.55 Å². The molecule has 0 rings (SSSR count). The van der Waals surface area contributed by atoms with Crippen LogP contribution in [0.3, 0.4) is 0 Å². The van der Waals surface area contributed by atoms with Crippen molar-refractivity contribution in [2.45, 2.75) is 26.2 Å².